The fourth-order valence-corrected chi connectivity index (χ4v) is 2.82. The molecule has 0 radical (unpaired) electrons. The molecule has 0 saturated carbocycles. The van der Waals surface area contributed by atoms with Crippen LogP contribution in [0.5, 0.6) is 0 Å². The van der Waals surface area contributed by atoms with E-state index in [1.165, 1.54) is 31.4 Å². The fraction of sp³-hybridized carbons (Fsp3) is 0.533. The van der Waals surface area contributed by atoms with Crippen LogP contribution in [0.3, 0.4) is 0 Å². The summed E-state index contributed by atoms with van der Waals surface area (Å²) in [5, 5.41) is 2.99. The molecule has 5 heteroatoms. The van der Waals surface area contributed by atoms with E-state index in [0.29, 0.717) is 18.2 Å². The first kappa shape index (κ1) is 15.3. The third-order valence-corrected chi connectivity index (χ3v) is 4.11. The maximum absolute atomic E-state index is 12.9. The predicted octanol–water partition coefficient (Wildman–Crippen LogP) is 3.08. The second-order valence-corrected chi connectivity index (χ2v) is 5.67. The Bertz CT molecular complexity index is 481. The van der Waals surface area contributed by atoms with Crippen molar-refractivity contribution in [2.75, 3.05) is 19.6 Å². The SMILES string of the molecule is C[C@@H]1CCCCN1CCNC(=O)c1ccc(F)cc1Cl. The Morgan fingerprint density at radius 1 is 1.50 bits per heavy atom. The van der Waals surface area contributed by atoms with Crippen molar-refractivity contribution < 1.29 is 9.18 Å². The van der Waals surface area contributed by atoms with Gasteiger partial charge >= 0.3 is 0 Å². The molecule has 1 fully saturated rings. The van der Waals surface area contributed by atoms with Crippen LogP contribution in [0.1, 0.15) is 36.5 Å². The number of halogens is 2. The van der Waals surface area contributed by atoms with E-state index in [1.54, 1.807) is 0 Å². The zero-order valence-corrected chi connectivity index (χ0v) is 12.4. The van der Waals surface area contributed by atoms with Crippen LogP contribution >= 0.6 is 11.6 Å². The molecule has 1 atom stereocenters. The second-order valence-electron chi connectivity index (χ2n) is 5.26. The van der Waals surface area contributed by atoms with Crippen molar-refractivity contribution >= 4 is 17.5 Å². The Kier molecular flexibility index (Phi) is 5.38. The molecule has 0 aliphatic carbocycles. The van der Waals surface area contributed by atoms with Crippen LogP contribution in [0, 0.1) is 5.82 Å². The summed E-state index contributed by atoms with van der Waals surface area (Å²) in [7, 11) is 0. The van der Waals surface area contributed by atoms with Crippen LogP contribution in [0.25, 0.3) is 0 Å². The first-order valence-electron chi connectivity index (χ1n) is 7.05. The van der Waals surface area contributed by atoms with Crippen LogP contribution in [0.15, 0.2) is 18.2 Å². The highest BCUT2D eigenvalue weighted by Gasteiger charge is 2.18. The fourth-order valence-electron chi connectivity index (χ4n) is 2.57. The van der Waals surface area contributed by atoms with Gasteiger partial charge in [0.25, 0.3) is 5.91 Å². The van der Waals surface area contributed by atoms with Gasteiger partial charge in [-0.05, 0) is 44.5 Å². The smallest absolute Gasteiger partial charge is 0.252 e. The molecule has 0 bridgehead atoms. The lowest BCUT2D eigenvalue weighted by atomic mass is 10.0. The molecule has 1 saturated heterocycles. The normalized spacial score (nSPS) is 19.9. The lowest BCUT2D eigenvalue weighted by Gasteiger charge is -2.33. The molecule has 1 aromatic rings. The van der Waals surface area contributed by atoms with Gasteiger partial charge in [0, 0.05) is 19.1 Å². The topological polar surface area (TPSA) is 32.3 Å². The van der Waals surface area contributed by atoms with E-state index in [9.17, 15) is 9.18 Å². The molecular weight excluding hydrogens is 279 g/mol. The van der Waals surface area contributed by atoms with E-state index in [4.69, 9.17) is 11.6 Å². The Balaban J connectivity index is 1.83. The number of hydrogen-bond donors (Lipinski definition) is 1. The number of hydrogen-bond acceptors (Lipinski definition) is 2. The van der Waals surface area contributed by atoms with Crippen molar-refractivity contribution in [3.63, 3.8) is 0 Å². The molecule has 0 aromatic heterocycles. The molecule has 1 heterocycles. The summed E-state index contributed by atoms with van der Waals surface area (Å²) in [6.45, 7) is 4.73. The monoisotopic (exact) mass is 298 g/mol. The van der Waals surface area contributed by atoms with E-state index in [2.05, 4.69) is 17.1 Å². The number of carbonyl (C=O) groups is 1. The summed E-state index contributed by atoms with van der Waals surface area (Å²) in [6, 6.07) is 4.39. The van der Waals surface area contributed by atoms with Crippen LogP contribution in [-0.4, -0.2) is 36.5 Å². The van der Waals surface area contributed by atoms with E-state index in [0.717, 1.165) is 19.2 Å². The second kappa shape index (κ2) is 7.04. The molecule has 20 heavy (non-hydrogen) atoms. The van der Waals surface area contributed by atoms with Gasteiger partial charge in [-0.2, -0.15) is 0 Å². The third-order valence-electron chi connectivity index (χ3n) is 3.80. The van der Waals surface area contributed by atoms with Crippen LogP contribution in [0.4, 0.5) is 4.39 Å². The van der Waals surface area contributed by atoms with Crippen molar-refractivity contribution in [2.45, 2.75) is 32.2 Å². The first-order chi connectivity index (χ1) is 9.58. The van der Waals surface area contributed by atoms with Gasteiger partial charge in [-0.25, -0.2) is 4.39 Å². The Labute approximate surface area is 124 Å². The number of nitrogens with one attached hydrogen (secondary N) is 1. The molecule has 0 spiro atoms. The van der Waals surface area contributed by atoms with Gasteiger partial charge in [0.15, 0.2) is 0 Å². The van der Waals surface area contributed by atoms with Gasteiger partial charge in [0.1, 0.15) is 5.82 Å². The van der Waals surface area contributed by atoms with Crippen molar-refractivity contribution in [3.05, 3.63) is 34.6 Å². The van der Waals surface area contributed by atoms with E-state index in [1.807, 2.05) is 0 Å². The number of carbonyl (C=O) groups excluding carboxylic acids is 1. The van der Waals surface area contributed by atoms with Crippen molar-refractivity contribution in [2.24, 2.45) is 0 Å². The lowest BCUT2D eigenvalue weighted by molar-refractivity contribution is 0.0938. The number of amides is 1. The minimum atomic E-state index is -0.436. The maximum atomic E-state index is 12.9. The van der Waals surface area contributed by atoms with E-state index in [-0.39, 0.29) is 10.9 Å². The van der Waals surface area contributed by atoms with Gasteiger partial charge < -0.3 is 5.32 Å². The molecule has 3 nitrogen and oxygen atoms in total. The number of benzene rings is 1. The van der Waals surface area contributed by atoms with Crippen LogP contribution in [0.2, 0.25) is 5.02 Å². The average Bonchev–Trinajstić information content (AvgIpc) is 2.40. The quantitative estimate of drug-likeness (QED) is 0.926. The van der Waals surface area contributed by atoms with Crippen LogP contribution in [-0.2, 0) is 0 Å². The summed E-state index contributed by atoms with van der Waals surface area (Å²) < 4.78 is 12.9. The highest BCUT2D eigenvalue weighted by molar-refractivity contribution is 6.33. The standard InChI is InChI=1S/C15H20ClFN2O/c1-11-4-2-3-8-19(11)9-7-18-15(20)13-6-5-12(17)10-14(13)16/h5-6,10-11H,2-4,7-9H2,1H3,(H,18,20)/t11-/m1/s1. The van der Waals surface area contributed by atoms with Crippen molar-refractivity contribution in [3.8, 4) is 0 Å². The van der Waals surface area contributed by atoms with Gasteiger partial charge in [0.2, 0.25) is 0 Å². The Morgan fingerprint density at radius 3 is 3.00 bits per heavy atom. The Hall–Kier alpha value is -1.13. The van der Waals surface area contributed by atoms with Gasteiger partial charge in [0.05, 0.1) is 10.6 Å². The molecule has 1 aromatic carbocycles. The predicted molar refractivity (Wildman–Crippen MR) is 78.6 cm³/mol. The summed E-state index contributed by atoms with van der Waals surface area (Å²) in [4.78, 5) is 14.3. The summed E-state index contributed by atoms with van der Waals surface area (Å²) in [5.41, 5.74) is 0.319. The van der Waals surface area contributed by atoms with Gasteiger partial charge in [-0.15, -0.1) is 0 Å². The minimum absolute atomic E-state index is 0.147. The van der Waals surface area contributed by atoms with Crippen molar-refractivity contribution in [1.82, 2.24) is 10.2 Å². The largest absolute Gasteiger partial charge is 0.351 e. The summed E-state index contributed by atoms with van der Waals surface area (Å²) >= 11 is 5.86. The Morgan fingerprint density at radius 2 is 2.30 bits per heavy atom. The molecule has 110 valence electrons. The average molecular weight is 299 g/mol. The maximum Gasteiger partial charge on any atom is 0.252 e. The number of rotatable bonds is 4. The van der Waals surface area contributed by atoms with E-state index < -0.39 is 5.82 Å². The first-order valence-corrected chi connectivity index (χ1v) is 7.43. The minimum Gasteiger partial charge on any atom is -0.351 e. The molecule has 1 aliphatic rings. The van der Waals surface area contributed by atoms with E-state index >= 15 is 0 Å². The summed E-state index contributed by atoms with van der Waals surface area (Å²) in [5.74, 6) is -0.687. The number of piperidine rings is 1. The molecule has 1 N–H and O–H groups in total. The molecule has 0 unspecified atom stereocenters. The van der Waals surface area contributed by atoms with Crippen LogP contribution < -0.4 is 5.32 Å². The van der Waals surface area contributed by atoms with Gasteiger partial charge in [-0.3, -0.25) is 9.69 Å². The zero-order chi connectivity index (χ0) is 14.5. The third kappa shape index (κ3) is 3.93. The highest BCUT2D eigenvalue weighted by Crippen LogP contribution is 2.17. The summed E-state index contributed by atoms with van der Waals surface area (Å²) in [6.07, 6.45) is 3.73. The molecule has 1 amide bonds. The zero-order valence-electron chi connectivity index (χ0n) is 11.7. The lowest BCUT2D eigenvalue weighted by Crippen LogP contribution is -2.42. The number of nitrogens with zero attached hydrogens (tertiary/aromatic N) is 1. The molecular formula is C15H20ClFN2O. The molecule has 2 rings (SSSR count). The highest BCUT2D eigenvalue weighted by atomic mass is 35.5. The molecule has 1 aliphatic heterocycles. The van der Waals surface area contributed by atoms with Gasteiger partial charge in [-0.1, -0.05) is 18.0 Å². The van der Waals surface area contributed by atoms with Crippen molar-refractivity contribution in [1.29, 1.82) is 0 Å². The number of likely N-dealkylation sites (tertiary alicyclic amines) is 1.